The zero-order valence-electron chi connectivity index (χ0n) is 19.4. The highest BCUT2D eigenvalue weighted by Crippen LogP contribution is 2.34. The molecule has 3 aromatic carbocycles. The molecule has 0 saturated carbocycles. The second-order valence-corrected chi connectivity index (χ2v) is 10.0. The molecule has 0 unspecified atom stereocenters. The fraction of sp³-hybridized carbons (Fsp3) is 0.115. The zero-order chi connectivity index (χ0) is 26.7. The third-order valence-electron chi connectivity index (χ3n) is 5.57. The first kappa shape index (κ1) is 26.5. The summed E-state index contributed by atoms with van der Waals surface area (Å²) in [7, 11) is 0. The van der Waals surface area contributed by atoms with Crippen LogP contribution in [0.2, 0.25) is 0 Å². The largest absolute Gasteiger partial charge is 0.487 e. The van der Waals surface area contributed by atoms with Crippen LogP contribution in [-0.2, 0) is 22.6 Å². The van der Waals surface area contributed by atoms with Crippen LogP contribution in [0.5, 0.6) is 5.75 Å². The molecular formula is C26H19BrIN3O6. The molecule has 1 N–H and O–H groups in total. The number of urea groups is 1. The molecule has 11 heteroatoms. The Morgan fingerprint density at radius 3 is 2.30 bits per heavy atom. The van der Waals surface area contributed by atoms with Crippen molar-refractivity contribution >= 4 is 73.8 Å². The second-order valence-electron chi connectivity index (χ2n) is 8.00. The predicted octanol–water partition coefficient (Wildman–Crippen LogP) is 5.77. The number of amides is 4. The first-order chi connectivity index (χ1) is 17.7. The molecular weight excluding hydrogens is 657 g/mol. The maximum Gasteiger partial charge on any atom is 0.335 e. The van der Waals surface area contributed by atoms with Crippen molar-refractivity contribution in [2.24, 2.45) is 0 Å². The maximum atomic E-state index is 13.2. The van der Waals surface area contributed by atoms with Gasteiger partial charge in [0.25, 0.3) is 17.5 Å². The van der Waals surface area contributed by atoms with Crippen molar-refractivity contribution in [2.45, 2.75) is 20.0 Å². The molecule has 188 valence electrons. The van der Waals surface area contributed by atoms with Gasteiger partial charge in [0, 0.05) is 12.1 Å². The number of rotatable bonds is 7. The van der Waals surface area contributed by atoms with Crippen LogP contribution in [0, 0.1) is 13.7 Å². The second kappa shape index (κ2) is 11.2. The third-order valence-corrected chi connectivity index (χ3v) is 6.96. The number of hydrogen-bond acceptors (Lipinski definition) is 6. The number of nitrogens with zero attached hydrogens (tertiary/aromatic N) is 2. The molecule has 1 fully saturated rings. The van der Waals surface area contributed by atoms with Crippen LogP contribution in [-0.4, -0.2) is 22.8 Å². The summed E-state index contributed by atoms with van der Waals surface area (Å²) in [6, 6.07) is 15.7. The molecule has 1 aliphatic rings. The number of hydrogen-bond donors (Lipinski definition) is 1. The van der Waals surface area contributed by atoms with E-state index in [9.17, 15) is 24.5 Å². The summed E-state index contributed by atoms with van der Waals surface area (Å²) in [5, 5.41) is 13.0. The van der Waals surface area contributed by atoms with Crippen LogP contribution < -0.4 is 15.0 Å². The van der Waals surface area contributed by atoms with Crippen molar-refractivity contribution in [2.75, 3.05) is 4.90 Å². The van der Waals surface area contributed by atoms with Gasteiger partial charge in [0.2, 0.25) is 0 Å². The lowest BCUT2D eigenvalue weighted by Crippen LogP contribution is -2.54. The molecule has 0 atom stereocenters. The Hall–Kier alpha value is -3.58. The Morgan fingerprint density at radius 1 is 1.05 bits per heavy atom. The van der Waals surface area contributed by atoms with Gasteiger partial charge >= 0.3 is 6.03 Å². The standard InChI is InChI=1S/C26H19BrIN3O6/c1-2-15-3-7-18(8-4-15)30-25(33)20(24(32)29-26(30)34)11-17-12-21(27)23(22(28)13-17)37-14-16-5-9-19(10-6-16)31(35)36/h3-13H,2,14H2,1H3,(H,29,32,34)/b20-11-. The van der Waals surface area contributed by atoms with E-state index in [1.807, 2.05) is 19.1 Å². The zero-order valence-corrected chi connectivity index (χ0v) is 23.1. The Kier molecular flexibility index (Phi) is 8.03. The van der Waals surface area contributed by atoms with Gasteiger partial charge < -0.3 is 4.74 Å². The molecule has 0 spiro atoms. The Balaban J connectivity index is 1.56. The van der Waals surface area contributed by atoms with Gasteiger partial charge in [-0.05, 0) is 104 Å². The number of ether oxygens (including phenoxy) is 1. The SMILES string of the molecule is CCc1ccc(N2C(=O)NC(=O)/C(=C/c3cc(Br)c(OCc4ccc([N+](=O)[O-])cc4)c(I)c3)C2=O)cc1. The lowest BCUT2D eigenvalue weighted by atomic mass is 10.1. The minimum Gasteiger partial charge on any atom is -0.487 e. The first-order valence-corrected chi connectivity index (χ1v) is 12.9. The van der Waals surface area contributed by atoms with E-state index < -0.39 is 22.8 Å². The average Bonchev–Trinajstić information content (AvgIpc) is 2.86. The van der Waals surface area contributed by atoms with Gasteiger partial charge in [-0.25, -0.2) is 9.69 Å². The highest BCUT2D eigenvalue weighted by Gasteiger charge is 2.36. The quantitative estimate of drug-likeness (QED) is 0.112. The molecule has 4 rings (SSSR count). The van der Waals surface area contributed by atoms with E-state index in [4.69, 9.17) is 4.74 Å². The summed E-state index contributed by atoms with van der Waals surface area (Å²) in [5.41, 5.74) is 2.53. The van der Waals surface area contributed by atoms with E-state index >= 15 is 0 Å². The minimum absolute atomic E-state index is 0.00330. The Morgan fingerprint density at radius 2 is 1.70 bits per heavy atom. The van der Waals surface area contributed by atoms with Gasteiger partial charge in [0.15, 0.2) is 0 Å². The van der Waals surface area contributed by atoms with Crippen LogP contribution in [0.1, 0.15) is 23.6 Å². The molecule has 1 heterocycles. The van der Waals surface area contributed by atoms with E-state index in [2.05, 4.69) is 43.8 Å². The molecule has 1 saturated heterocycles. The molecule has 0 bridgehead atoms. The molecule has 3 aromatic rings. The maximum absolute atomic E-state index is 13.2. The number of carbonyl (C=O) groups is 3. The molecule has 0 radical (unpaired) electrons. The van der Waals surface area contributed by atoms with Crippen LogP contribution in [0.4, 0.5) is 16.2 Å². The van der Waals surface area contributed by atoms with E-state index in [1.54, 1.807) is 36.4 Å². The molecule has 9 nitrogen and oxygen atoms in total. The number of imide groups is 2. The van der Waals surface area contributed by atoms with Crippen LogP contribution in [0.15, 0.2) is 70.7 Å². The Bertz CT molecular complexity index is 1410. The van der Waals surface area contributed by atoms with Gasteiger partial charge in [-0.1, -0.05) is 19.1 Å². The van der Waals surface area contributed by atoms with Crippen molar-refractivity contribution in [3.05, 3.63) is 101 Å². The fourth-order valence-electron chi connectivity index (χ4n) is 3.61. The van der Waals surface area contributed by atoms with Gasteiger partial charge in [-0.3, -0.25) is 25.0 Å². The first-order valence-electron chi connectivity index (χ1n) is 11.0. The van der Waals surface area contributed by atoms with Crippen molar-refractivity contribution in [3.63, 3.8) is 0 Å². The van der Waals surface area contributed by atoms with Gasteiger partial charge in [-0.15, -0.1) is 0 Å². The lowest BCUT2D eigenvalue weighted by molar-refractivity contribution is -0.384. The fourth-order valence-corrected chi connectivity index (χ4v) is 5.38. The third kappa shape index (κ3) is 5.88. The van der Waals surface area contributed by atoms with Gasteiger partial charge in [0.1, 0.15) is 17.9 Å². The summed E-state index contributed by atoms with van der Waals surface area (Å²) >= 11 is 5.54. The van der Waals surface area contributed by atoms with Crippen LogP contribution >= 0.6 is 38.5 Å². The topological polar surface area (TPSA) is 119 Å². The number of barbiturate groups is 1. The smallest absolute Gasteiger partial charge is 0.335 e. The van der Waals surface area contributed by atoms with Crippen LogP contribution in [0.3, 0.4) is 0 Å². The normalized spacial score (nSPS) is 14.6. The molecule has 37 heavy (non-hydrogen) atoms. The van der Waals surface area contributed by atoms with Crippen molar-refractivity contribution < 1.29 is 24.0 Å². The Labute approximate surface area is 233 Å². The number of benzene rings is 3. The minimum atomic E-state index is -0.804. The van der Waals surface area contributed by atoms with Crippen molar-refractivity contribution in [3.8, 4) is 5.75 Å². The van der Waals surface area contributed by atoms with E-state index in [-0.39, 0.29) is 17.9 Å². The number of anilines is 1. The van der Waals surface area contributed by atoms with Crippen LogP contribution in [0.25, 0.3) is 6.08 Å². The lowest BCUT2D eigenvalue weighted by Gasteiger charge is -2.26. The molecule has 1 aliphatic heterocycles. The average molecular weight is 676 g/mol. The number of nitrogens with one attached hydrogen (secondary N) is 1. The number of nitro benzene ring substituents is 1. The summed E-state index contributed by atoms with van der Waals surface area (Å²) in [5.74, 6) is -0.961. The summed E-state index contributed by atoms with van der Waals surface area (Å²) < 4.78 is 7.19. The van der Waals surface area contributed by atoms with Crippen molar-refractivity contribution in [1.29, 1.82) is 0 Å². The van der Waals surface area contributed by atoms with Crippen molar-refractivity contribution in [1.82, 2.24) is 5.32 Å². The molecule has 0 aromatic heterocycles. The summed E-state index contributed by atoms with van der Waals surface area (Å²) in [6.45, 7) is 2.18. The summed E-state index contributed by atoms with van der Waals surface area (Å²) in [4.78, 5) is 49.4. The monoisotopic (exact) mass is 675 g/mol. The number of carbonyl (C=O) groups excluding carboxylic acids is 3. The number of halogens is 2. The highest BCUT2D eigenvalue weighted by atomic mass is 127. The molecule has 0 aliphatic carbocycles. The summed E-state index contributed by atoms with van der Waals surface area (Å²) in [6.07, 6.45) is 2.23. The van der Waals surface area contributed by atoms with E-state index in [0.717, 1.165) is 22.4 Å². The number of non-ortho nitro benzene ring substituents is 1. The molecule has 4 amide bonds. The number of nitro groups is 1. The highest BCUT2D eigenvalue weighted by molar-refractivity contribution is 14.1. The van der Waals surface area contributed by atoms with E-state index in [0.29, 0.717) is 25.0 Å². The van der Waals surface area contributed by atoms with E-state index in [1.165, 1.54) is 18.2 Å². The van der Waals surface area contributed by atoms with Gasteiger partial charge in [-0.2, -0.15) is 0 Å². The predicted molar refractivity (Wildman–Crippen MR) is 149 cm³/mol. The number of aryl methyl sites for hydroxylation is 1. The van der Waals surface area contributed by atoms with Gasteiger partial charge in [0.05, 0.1) is 18.7 Å².